The van der Waals surface area contributed by atoms with Gasteiger partial charge in [0, 0.05) is 28.7 Å². The predicted octanol–water partition coefficient (Wildman–Crippen LogP) is 4.39. The van der Waals surface area contributed by atoms with Crippen LogP contribution in [0.15, 0.2) is 72.8 Å². The molecule has 33 heavy (non-hydrogen) atoms. The first kappa shape index (κ1) is 22.1. The molecule has 0 spiro atoms. The fraction of sp³-hybridized carbons (Fsp3) is 0.185. The molecular formula is C27H26N2O4. The van der Waals surface area contributed by atoms with E-state index >= 15 is 0 Å². The molecule has 168 valence electrons. The number of nitrogens with two attached hydrogens (primary N) is 1. The van der Waals surface area contributed by atoms with Crippen LogP contribution in [-0.2, 0) is 29.1 Å². The Bertz CT molecular complexity index is 1310. The molecule has 4 rings (SSSR count). The molecule has 0 bridgehead atoms. The summed E-state index contributed by atoms with van der Waals surface area (Å²) in [5.74, 6) is -0.137. The van der Waals surface area contributed by atoms with Crippen LogP contribution in [0.25, 0.3) is 10.9 Å². The van der Waals surface area contributed by atoms with Gasteiger partial charge < -0.3 is 19.8 Å². The Kier molecular flexibility index (Phi) is 6.45. The Labute approximate surface area is 192 Å². The van der Waals surface area contributed by atoms with Crippen molar-refractivity contribution in [2.24, 2.45) is 5.73 Å². The lowest BCUT2D eigenvalue weighted by Crippen LogP contribution is -2.14. The van der Waals surface area contributed by atoms with E-state index in [1.54, 1.807) is 12.1 Å². The fourth-order valence-electron chi connectivity index (χ4n) is 4.10. The number of hydrogen-bond donors (Lipinski definition) is 1. The Morgan fingerprint density at radius 2 is 1.70 bits per heavy atom. The number of hydrogen-bond acceptors (Lipinski definition) is 4. The lowest BCUT2D eigenvalue weighted by atomic mass is 10.1. The Hall–Kier alpha value is -4.06. The van der Waals surface area contributed by atoms with Crippen LogP contribution in [0, 0.1) is 6.92 Å². The summed E-state index contributed by atoms with van der Waals surface area (Å²) >= 11 is 0. The largest absolute Gasteiger partial charge is 0.489 e. The van der Waals surface area contributed by atoms with Gasteiger partial charge in [-0.3, -0.25) is 4.79 Å². The molecule has 0 atom stereocenters. The predicted molar refractivity (Wildman–Crippen MR) is 127 cm³/mol. The molecule has 0 saturated heterocycles. The van der Waals surface area contributed by atoms with E-state index in [0.29, 0.717) is 17.9 Å². The molecule has 6 heteroatoms. The third-order valence-corrected chi connectivity index (χ3v) is 5.78. The minimum Gasteiger partial charge on any atom is -0.489 e. The third kappa shape index (κ3) is 4.75. The van der Waals surface area contributed by atoms with Crippen molar-refractivity contribution in [2.75, 3.05) is 7.11 Å². The summed E-state index contributed by atoms with van der Waals surface area (Å²) < 4.78 is 13.1. The normalized spacial score (nSPS) is 10.8. The van der Waals surface area contributed by atoms with Gasteiger partial charge in [-0.2, -0.15) is 0 Å². The monoisotopic (exact) mass is 442 g/mol. The quantitative estimate of drug-likeness (QED) is 0.410. The highest BCUT2D eigenvalue weighted by Gasteiger charge is 2.17. The van der Waals surface area contributed by atoms with E-state index in [2.05, 4.69) is 16.7 Å². The zero-order valence-electron chi connectivity index (χ0n) is 18.7. The van der Waals surface area contributed by atoms with Crippen molar-refractivity contribution in [3.63, 3.8) is 0 Å². The first-order valence-electron chi connectivity index (χ1n) is 10.7. The van der Waals surface area contributed by atoms with E-state index in [1.165, 1.54) is 12.7 Å². The maximum absolute atomic E-state index is 12.0. The zero-order chi connectivity index (χ0) is 23.4. The third-order valence-electron chi connectivity index (χ3n) is 5.78. The Morgan fingerprint density at radius 3 is 2.42 bits per heavy atom. The minimum atomic E-state index is -0.401. The van der Waals surface area contributed by atoms with Crippen molar-refractivity contribution >= 4 is 22.8 Å². The lowest BCUT2D eigenvalue weighted by Gasteiger charge is -2.11. The standard InChI is InChI=1S/C27H26N2O4/c1-18-23(15-26(28)30)24-14-21(33-17-20-10-6-7-11-22(20)27(31)32-2)12-13-25(24)29(18)16-19-8-4-3-5-9-19/h3-14H,15-17H2,1-2H3,(H2,28,30). The van der Waals surface area contributed by atoms with Gasteiger partial charge in [0.15, 0.2) is 0 Å². The molecule has 0 aliphatic carbocycles. The molecule has 1 amide bonds. The average Bonchev–Trinajstić information content (AvgIpc) is 3.08. The maximum Gasteiger partial charge on any atom is 0.338 e. The SMILES string of the molecule is COC(=O)c1ccccc1COc1ccc2c(c1)c(CC(N)=O)c(C)n2Cc1ccccc1. The number of benzene rings is 3. The summed E-state index contributed by atoms with van der Waals surface area (Å²) in [6.45, 7) is 2.91. The van der Waals surface area contributed by atoms with E-state index in [0.717, 1.165) is 27.7 Å². The summed E-state index contributed by atoms with van der Waals surface area (Å²) in [7, 11) is 1.36. The van der Waals surface area contributed by atoms with Crippen LogP contribution in [0.1, 0.15) is 32.7 Å². The van der Waals surface area contributed by atoms with Gasteiger partial charge in [-0.15, -0.1) is 0 Å². The molecule has 1 heterocycles. The number of rotatable bonds is 8. The number of ether oxygens (including phenoxy) is 2. The number of carbonyl (C=O) groups is 2. The number of nitrogens with zero attached hydrogens (tertiary/aromatic N) is 1. The van der Waals surface area contributed by atoms with Crippen molar-refractivity contribution < 1.29 is 19.1 Å². The number of carbonyl (C=O) groups excluding carboxylic acids is 2. The van der Waals surface area contributed by atoms with Gasteiger partial charge in [0.05, 0.1) is 19.1 Å². The maximum atomic E-state index is 12.0. The van der Waals surface area contributed by atoms with Crippen LogP contribution >= 0.6 is 0 Å². The van der Waals surface area contributed by atoms with Crippen LogP contribution < -0.4 is 10.5 Å². The smallest absolute Gasteiger partial charge is 0.338 e. The van der Waals surface area contributed by atoms with Crippen molar-refractivity contribution in [3.8, 4) is 5.75 Å². The van der Waals surface area contributed by atoms with Gasteiger partial charge in [0.2, 0.25) is 5.91 Å². The number of esters is 1. The molecule has 3 aromatic carbocycles. The number of aromatic nitrogens is 1. The van der Waals surface area contributed by atoms with Gasteiger partial charge >= 0.3 is 5.97 Å². The van der Waals surface area contributed by atoms with Gasteiger partial charge in [-0.25, -0.2) is 4.79 Å². The number of fused-ring (bicyclic) bond motifs is 1. The van der Waals surface area contributed by atoms with Crippen LogP contribution in [0.5, 0.6) is 5.75 Å². The first-order valence-corrected chi connectivity index (χ1v) is 10.7. The van der Waals surface area contributed by atoms with Crippen molar-refractivity contribution in [1.29, 1.82) is 0 Å². The number of methoxy groups -OCH3 is 1. The Balaban J connectivity index is 1.68. The molecule has 0 fully saturated rings. The molecule has 0 radical (unpaired) electrons. The van der Waals surface area contributed by atoms with Gasteiger partial charge in [-0.05, 0) is 42.3 Å². The van der Waals surface area contributed by atoms with Gasteiger partial charge in [-0.1, -0.05) is 48.5 Å². The van der Waals surface area contributed by atoms with E-state index in [9.17, 15) is 9.59 Å². The zero-order valence-corrected chi connectivity index (χ0v) is 18.7. The topological polar surface area (TPSA) is 83.6 Å². The highest BCUT2D eigenvalue weighted by molar-refractivity contribution is 5.92. The van der Waals surface area contributed by atoms with E-state index < -0.39 is 5.97 Å². The summed E-state index contributed by atoms with van der Waals surface area (Å²) in [6, 6.07) is 23.2. The second kappa shape index (κ2) is 9.61. The summed E-state index contributed by atoms with van der Waals surface area (Å²) in [6.07, 6.45) is 0.152. The number of primary amides is 1. The summed E-state index contributed by atoms with van der Waals surface area (Å²) in [5, 5.41) is 0.931. The minimum absolute atomic E-state index is 0.152. The molecule has 1 aromatic heterocycles. The van der Waals surface area contributed by atoms with E-state index in [4.69, 9.17) is 15.2 Å². The Morgan fingerprint density at radius 1 is 0.970 bits per heavy atom. The summed E-state index contributed by atoms with van der Waals surface area (Å²) in [5.41, 5.74) is 10.8. The molecular weight excluding hydrogens is 416 g/mol. The lowest BCUT2D eigenvalue weighted by molar-refractivity contribution is -0.117. The first-order chi connectivity index (χ1) is 16.0. The van der Waals surface area contributed by atoms with Crippen LogP contribution in [0.4, 0.5) is 0 Å². The van der Waals surface area contributed by atoms with E-state index in [-0.39, 0.29) is 18.9 Å². The average molecular weight is 443 g/mol. The van der Waals surface area contributed by atoms with Crippen molar-refractivity contribution in [3.05, 3.63) is 101 Å². The van der Waals surface area contributed by atoms with Gasteiger partial charge in [0.1, 0.15) is 12.4 Å². The van der Waals surface area contributed by atoms with Crippen molar-refractivity contribution in [2.45, 2.75) is 26.5 Å². The highest BCUT2D eigenvalue weighted by atomic mass is 16.5. The second-order valence-corrected chi connectivity index (χ2v) is 7.90. The van der Waals surface area contributed by atoms with Crippen LogP contribution in [-0.4, -0.2) is 23.6 Å². The highest BCUT2D eigenvalue weighted by Crippen LogP contribution is 2.31. The molecule has 4 aromatic rings. The van der Waals surface area contributed by atoms with E-state index in [1.807, 2.05) is 55.5 Å². The molecule has 0 saturated carbocycles. The molecule has 0 aliphatic rings. The molecule has 0 aliphatic heterocycles. The number of amides is 1. The second-order valence-electron chi connectivity index (χ2n) is 7.90. The molecule has 0 unspecified atom stereocenters. The molecule has 6 nitrogen and oxygen atoms in total. The van der Waals surface area contributed by atoms with Gasteiger partial charge in [0.25, 0.3) is 0 Å². The van der Waals surface area contributed by atoms with Crippen molar-refractivity contribution in [1.82, 2.24) is 4.57 Å². The fourth-order valence-corrected chi connectivity index (χ4v) is 4.10. The summed E-state index contributed by atoms with van der Waals surface area (Å²) in [4.78, 5) is 23.8. The van der Waals surface area contributed by atoms with Crippen LogP contribution in [0.3, 0.4) is 0 Å². The molecule has 2 N–H and O–H groups in total. The van der Waals surface area contributed by atoms with Crippen LogP contribution in [0.2, 0.25) is 0 Å².